The van der Waals surface area contributed by atoms with Crippen molar-refractivity contribution in [1.29, 1.82) is 0 Å². The Balaban J connectivity index is 2.05. The molecule has 0 spiro atoms. The maximum Gasteiger partial charge on any atom is 0.336 e. The van der Waals surface area contributed by atoms with Crippen LogP contribution in [0.15, 0.2) is 38.3 Å². The van der Waals surface area contributed by atoms with Gasteiger partial charge in [0.2, 0.25) is 0 Å². The van der Waals surface area contributed by atoms with Gasteiger partial charge in [-0.2, -0.15) is 0 Å². The van der Waals surface area contributed by atoms with Gasteiger partial charge in [0.05, 0.1) is 11.1 Å². The van der Waals surface area contributed by atoms with Crippen LogP contribution in [0.2, 0.25) is 0 Å². The summed E-state index contributed by atoms with van der Waals surface area (Å²) in [5.41, 5.74) is 2.25. The van der Waals surface area contributed by atoms with Gasteiger partial charge in [0.1, 0.15) is 23.8 Å². The molecule has 0 radical (unpaired) electrons. The lowest BCUT2D eigenvalue weighted by atomic mass is 10.1. The summed E-state index contributed by atoms with van der Waals surface area (Å²) in [6.45, 7) is 5.75. The van der Waals surface area contributed by atoms with E-state index in [1.54, 1.807) is 6.92 Å². The minimum atomic E-state index is -0.372. The zero-order valence-corrected chi connectivity index (χ0v) is 13.8. The molecule has 0 aliphatic carbocycles. The summed E-state index contributed by atoms with van der Waals surface area (Å²) in [4.78, 5) is 30.1. The first-order valence-corrected chi connectivity index (χ1v) is 7.73. The molecule has 0 atom stereocenters. The van der Waals surface area contributed by atoms with Crippen molar-refractivity contribution in [2.45, 2.75) is 33.8 Å². The van der Waals surface area contributed by atoms with Crippen LogP contribution in [0, 0.1) is 13.8 Å². The Morgan fingerprint density at radius 3 is 2.67 bits per heavy atom. The van der Waals surface area contributed by atoms with Crippen molar-refractivity contribution in [3.63, 3.8) is 0 Å². The van der Waals surface area contributed by atoms with Gasteiger partial charge in [-0.05, 0) is 43.5 Å². The van der Waals surface area contributed by atoms with Crippen LogP contribution in [0.3, 0.4) is 0 Å². The molecule has 2 aromatic heterocycles. The van der Waals surface area contributed by atoms with E-state index in [1.807, 2.05) is 26.0 Å². The highest BCUT2D eigenvalue weighted by Gasteiger charge is 2.12. The summed E-state index contributed by atoms with van der Waals surface area (Å²) in [7, 11) is 0. The fourth-order valence-electron chi connectivity index (χ4n) is 2.73. The quantitative estimate of drug-likeness (QED) is 0.745. The zero-order valence-electron chi connectivity index (χ0n) is 13.8. The summed E-state index contributed by atoms with van der Waals surface area (Å²) >= 11 is 0. The summed E-state index contributed by atoms with van der Waals surface area (Å²) in [6.07, 6.45) is 0.684. The van der Waals surface area contributed by atoms with Gasteiger partial charge in [-0.3, -0.25) is 4.79 Å². The molecule has 0 saturated carbocycles. The Morgan fingerprint density at radius 1 is 1.17 bits per heavy atom. The van der Waals surface area contributed by atoms with Crippen molar-refractivity contribution >= 4 is 11.0 Å². The molecule has 0 unspecified atom stereocenters. The van der Waals surface area contributed by atoms with E-state index in [0.717, 1.165) is 16.5 Å². The van der Waals surface area contributed by atoms with E-state index < -0.39 is 0 Å². The predicted octanol–water partition coefficient (Wildman–Crippen LogP) is 2.63. The minimum Gasteiger partial charge on any atom is -0.487 e. The standard InChI is InChI=1S/C18H18N2O4/c1-4-12-7-17(22)24-15-6-10(2)5-14(18(12)15)23-9-13-8-16(21)20-11(3)19-13/h5-8H,4,9H2,1-3H3,(H,19,20,21). The Morgan fingerprint density at radius 2 is 1.96 bits per heavy atom. The van der Waals surface area contributed by atoms with E-state index >= 15 is 0 Å². The van der Waals surface area contributed by atoms with Crippen molar-refractivity contribution in [3.05, 3.63) is 67.7 Å². The number of nitrogens with one attached hydrogen (secondary N) is 1. The SMILES string of the molecule is CCc1cc(=O)oc2cc(C)cc(OCc3cc(=O)[nH]c(C)n3)c12. The van der Waals surface area contributed by atoms with E-state index in [0.29, 0.717) is 29.3 Å². The molecule has 3 aromatic rings. The Kier molecular flexibility index (Phi) is 4.20. The maximum absolute atomic E-state index is 11.7. The molecule has 0 aliphatic rings. The van der Waals surface area contributed by atoms with Crippen molar-refractivity contribution in [1.82, 2.24) is 9.97 Å². The number of hydrogen-bond donors (Lipinski definition) is 1. The van der Waals surface area contributed by atoms with Crippen LogP contribution in [-0.2, 0) is 13.0 Å². The molecule has 1 N–H and O–H groups in total. The molecule has 0 amide bonds. The summed E-state index contributed by atoms with van der Waals surface area (Å²) < 4.78 is 11.2. The van der Waals surface area contributed by atoms with E-state index in [4.69, 9.17) is 9.15 Å². The third-order valence-corrected chi connectivity index (χ3v) is 3.70. The van der Waals surface area contributed by atoms with Crippen molar-refractivity contribution in [2.75, 3.05) is 0 Å². The van der Waals surface area contributed by atoms with Gasteiger partial charge in [-0.1, -0.05) is 6.92 Å². The molecule has 124 valence electrons. The van der Waals surface area contributed by atoms with Crippen LogP contribution in [0.5, 0.6) is 5.75 Å². The zero-order chi connectivity index (χ0) is 17.3. The molecule has 1 aromatic carbocycles. The normalized spacial score (nSPS) is 11.0. The number of nitrogens with zero attached hydrogens (tertiary/aromatic N) is 1. The third-order valence-electron chi connectivity index (χ3n) is 3.70. The number of aryl methyl sites for hydroxylation is 3. The molecular weight excluding hydrogens is 308 g/mol. The van der Waals surface area contributed by atoms with E-state index in [-0.39, 0.29) is 17.8 Å². The Bertz CT molecular complexity index is 1020. The fourth-order valence-corrected chi connectivity index (χ4v) is 2.73. The number of benzene rings is 1. The lowest BCUT2D eigenvalue weighted by molar-refractivity contribution is 0.303. The lowest BCUT2D eigenvalue weighted by Crippen LogP contribution is -2.12. The number of ether oxygens (including phenoxy) is 1. The molecular formula is C18H18N2O4. The number of fused-ring (bicyclic) bond motifs is 1. The third kappa shape index (κ3) is 3.22. The molecule has 3 rings (SSSR count). The first kappa shape index (κ1) is 16.0. The van der Waals surface area contributed by atoms with Crippen LogP contribution >= 0.6 is 0 Å². The van der Waals surface area contributed by atoms with Crippen molar-refractivity contribution in [2.24, 2.45) is 0 Å². The van der Waals surface area contributed by atoms with Gasteiger partial charge in [-0.25, -0.2) is 9.78 Å². The van der Waals surface area contributed by atoms with E-state index in [2.05, 4.69) is 9.97 Å². The Hall–Kier alpha value is -2.89. The minimum absolute atomic E-state index is 0.158. The monoisotopic (exact) mass is 326 g/mol. The van der Waals surface area contributed by atoms with Gasteiger partial charge in [-0.15, -0.1) is 0 Å². The van der Waals surface area contributed by atoms with Crippen molar-refractivity contribution < 1.29 is 9.15 Å². The highest BCUT2D eigenvalue weighted by molar-refractivity contribution is 5.87. The molecule has 0 bridgehead atoms. The number of aromatic amines is 1. The van der Waals surface area contributed by atoms with Crippen LogP contribution in [0.4, 0.5) is 0 Å². The smallest absolute Gasteiger partial charge is 0.336 e. The highest BCUT2D eigenvalue weighted by Crippen LogP contribution is 2.30. The van der Waals surface area contributed by atoms with Crippen LogP contribution in [-0.4, -0.2) is 9.97 Å². The molecule has 6 nitrogen and oxygen atoms in total. The average molecular weight is 326 g/mol. The van der Waals surface area contributed by atoms with Crippen molar-refractivity contribution in [3.8, 4) is 5.75 Å². The topological polar surface area (TPSA) is 85.2 Å². The summed E-state index contributed by atoms with van der Waals surface area (Å²) in [5, 5.41) is 0.782. The largest absolute Gasteiger partial charge is 0.487 e. The molecule has 0 aliphatic heterocycles. The Labute approximate surface area is 138 Å². The predicted molar refractivity (Wildman–Crippen MR) is 90.5 cm³/mol. The average Bonchev–Trinajstić information content (AvgIpc) is 2.50. The highest BCUT2D eigenvalue weighted by atomic mass is 16.5. The van der Waals surface area contributed by atoms with E-state index in [9.17, 15) is 9.59 Å². The first-order valence-electron chi connectivity index (χ1n) is 7.73. The van der Waals surface area contributed by atoms with Gasteiger partial charge < -0.3 is 14.1 Å². The summed E-state index contributed by atoms with van der Waals surface area (Å²) in [5.74, 6) is 1.15. The van der Waals surface area contributed by atoms with Gasteiger partial charge >= 0.3 is 5.63 Å². The van der Waals surface area contributed by atoms with Gasteiger partial charge in [0.25, 0.3) is 5.56 Å². The number of rotatable bonds is 4. The maximum atomic E-state index is 11.7. The second kappa shape index (κ2) is 6.31. The van der Waals surface area contributed by atoms with E-state index in [1.165, 1.54) is 12.1 Å². The fraction of sp³-hybridized carbons (Fsp3) is 0.278. The van der Waals surface area contributed by atoms with Crippen LogP contribution in [0.25, 0.3) is 11.0 Å². The van der Waals surface area contributed by atoms with Gasteiger partial charge in [0.15, 0.2) is 0 Å². The lowest BCUT2D eigenvalue weighted by Gasteiger charge is -2.12. The second-order valence-electron chi connectivity index (χ2n) is 5.69. The number of hydrogen-bond acceptors (Lipinski definition) is 5. The molecule has 0 saturated heterocycles. The summed E-state index contributed by atoms with van der Waals surface area (Å²) in [6, 6.07) is 6.60. The molecule has 0 fully saturated rings. The van der Waals surface area contributed by atoms with Crippen LogP contribution < -0.4 is 15.9 Å². The number of H-pyrrole nitrogens is 1. The second-order valence-corrected chi connectivity index (χ2v) is 5.69. The molecule has 6 heteroatoms. The first-order chi connectivity index (χ1) is 11.5. The number of aromatic nitrogens is 2. The molecule has 2 heterocycles. The molecule has 24 heavy (non-hydrogen) atoms. The van der Waals surface area contributed by atoms with Crippen LogP contribution in [0.1, 0.15) is 29.6 Å². The van der Waals surface area contributed by atoms with Gasteiger partial charge in [0, 0.05) is 12.1 Å².